The van der Waals surface area contributed by atoms with Gasteiger partial charge in [0, 0.05) is 11.0 Å². The first-order chi connectivity index (χ1) is 13.5. The number of imidazole rings is 1. The van der Waals surface area contributed by atoms with E-state index in [4.69, 9.17) is 0 Å². The number of nitrogens with zero attached hydrogens (tertiary/aromatic N) is 2. The smallest absolute Gasteiger partial charge is 0.329 e. The first-order valence-electron chi connectivity index (χ1n) is 9.00. The van der Waals surface area contributed by atoms with Crippen molar-refractivity contribution in [2.45, 2.75) is 26.4 Å². The molecule has 146 valence electrons. The normalized spacial score (nSPS) is 10.8. The van der Waals surface area contributed by atoms with Crippen molar-refractivity contribution in [1.29, 1.82) is 0 Å². The highest BCUT2D eigenvalue weighted by molar-refractivity contribution is 9.10. The Morgan fingerprint density at radius 2 is 1.61 bits per heavy atom. The molecule has 7 nitrogen and oxygen atoms in total. The number of hydrogen-bond donors (Lipinski definition) is 2. The van der Waals surface area contributed by atoms with Gasteiger partial charge in [-0.15, -0.1) is 0 Å². The molecule has 1 heterocycles. The average Bonchev–Trinajstić information content (AvgIpc) is 2.94. The molecule has 0 aliphatic carbocycles. The van der Waals surface area contributed by atoms with E-state index in [1.54, 1.807) is 16.7 Å². The highest BCUT2D eigenvalue weighted by Crippen LogP contribution is 2.20. The van der Waals surface area contributed by atoms with Gasteiger partial charge in [-0.1, -0.05) is 31.2 Å². The number of aryl methyl sites for hydroxylation is 1. The van der Waals surface area contributed by atoms with E-state index in [-0.39, 0.29) is 24.7 Å². The van der Waals surface area contributed by atoms with Crippen LogP contribution in [0.15, 0.2) is 57.8 Å². The van der Waals surface area contributed by atoms with Gasteiger partial charge >= 0.3 is 5.69 Å². The molecule has 0 saturated heterocycles. The molecule has 2 aromatic carbocycles. The first-order valence-corrected chi connectivity index (χ1v) is 9.79. The minimum absolute atomic E-state index is 0.141. The number of fused-ring (bicyclic) bond motifs is 1. The summed E-state index contributed by atoms with van der Waals surface area (Å²) in [4.78, 5) is 37.1. The van der Waals surface area contributed by atoms with E-state index in [0.29, 0.717) is 17.7 Å². The lowest BCUT2D eigenvalue weighted by Gasteiger charge is -2.09. The van der Waals surface area contributed by atoms with Gasteiger partial charge in [0.25, 0.3) is 0 Å². The molecular weight excluding hydrogens is 424 g/mol. The monoisotopic (exact) mass is 444 g/mol. The molecule has 0 atom stereocenters. The lowest BCUT2D eigenvalue weighted by Crippen LogP contribution is -2.37. The number of hydrogen-bond acceptors (Lipinski definition) is 3. The molecule has 8 heteroatoms. The SMILES string of the molecule is CCCn1c(=O)n(CC(=O)NCC(=O)Nc2ccccc2Br)c2ccccc21. The predicted molar refractivity (Wildman–Crippen MR) is 112 cm³/mol. The van der Waals surface area contributed by atoms with Crippen LogP contribution in [0.25, 0.3) is 11.0 Å². The van der Waals surface area contributed by atoms with Gasteiger partial charge in [0.15, 0.2) is 0 Å². The molecule has 0 saturated carbocycles. The van der Waals surface area contributed by atoms with E-state index in [2.05, 4.69) is 26.6 Å². The third kappa shape index (κ3) is 4.33. The lowest BCUT2D eigenvalue weighted by atomic mass is 10.3. The van der Waals surface area contributed by atoms with Crippen LogP contribution in [-0.4, -0.2) is 27.5 Å². The molecule has 3 aromatic rings. The molecule has 0 unspecified atom stereocenters. The van der Waals surface area contributed by atoms with E-state index in [1.165, 1.54) is 4.57 Å². The second-order valence-corrected chi connectivity index (χ2v) is 7.17. The van der Waals surface area contributed by atoms with Crippen molar-refractivity contribution in [3.63, 3.8) is 0 Å². The molecule has 2 N–H and O–H groups in total. The van der Waals surface area contributed by atoms with E-state index >= 15 is 0 Å². The van der Waals surface area contributed by atoms with Gasteiger partial charge in [-0.3, -0.25) is 18.7 Å². The average molecular weight is 445 g/mol. The highest BCUT2D eigenvalue weighted by atomic mass is 79.9. The minimum Gasteiger partial charge on any atom is -0.345 e. The van der Waals surface area contributed by atoms with Gasteiger partial charge < -0.3 is 10.6 Å². The number of halogens is 1. The van der Waals surface area contributed by atoms with Gasteiger partial charge in [-0.2, -0.15) is 0 Å². The molecule has 0 aliphatic rings. The maximum Gasteiger partial charge on any atom is 0.329 e. The maximum absolute atomic E-state index is 12.7. The maximum atomic E-state index is 12.7. The zero-order valence-electron chi connectivity index (χ0n) is 15.4. The summed E-state index contributed by atoms with van der Waals surface area (Å²) >= 11 is 3.35. The van der Waals surface area contributed by atoms with E-state index in [0.717, 1.165) is 16.4 Å². The van der Waals surface area contributed by atoms with Gasteiger partial charge in [0.05, 0.1) is 23.3 Å². The zero-order chi connectivity index (χ0) is 20.1. The highest BCUT2D eigenvalue weighted by Gasteiger charge is 2.15. The van der Waals surface area contributed by atoms with E-state index in [9.17, 15) is 14.4 Å². The van der Waals surface area contributed by atoms with Gasteiger partial charge in [-0.25, -0.2) is 4.79 Å². The quantitative estimate of drug-likeness (QED) is 0.587. The zero-order valence-corrected chi connectivity index (χ0v) is 17.0. The van der Waals surface area contributed by atoms with Crippen molar-refractivity contribution < 1.29 is 9.59 Å². The molecule has 0 spiro atoms. The van der Waals surface area contributed by atoms with Crippen LogP contribution in [0, 0.1) is 0 Å². The number of aromatic nitrogens is 2. The molecule has 2 amide bonds. The van der Waals surface area contributed by atoms with Crippen LogP contribution in [0.5, 0.6) is 0 Å². The Balaban J connectivity index is 1.67. The molecule has 1 aromatic heterocycles. The fraction of sp³-hybridized carbons (Fsp3) is 0.250. The topological polar surface area (TPSA) is 85.1 Å². The van der Waals surface area contributed by atoms with Crippen LogP contribution in [-0.2, 0) is 22.7 Å². The van der Waals surface area contributed by atoms with Crippen molar-refractivity contribution in [2.75, 3.05) is 11.9 Å². The number of para-hydroxylation sites is 3. The second-order valence-electron chi connectivity index (χ2n) is 6.31. The van der Waals surface area contributed by atoms with Crippen molar-refractivity contribution in [1.82, 2.24) is 14.5 Å². The van der Waals surface area contributed by atoms with Gasteiger partial charge in [0.2, 0.25) is 11.8 Å². The van der Waals surface area contributed by atoms with Crippen molar-refractivity contribution >= 4 is 44.5 Å². The first kappa shape index (κ1) is 19.9. The Hall–Kier alpha value is -2.87. The van der Waals surface area contributed by atoms with E-state index < -0.39 is 5.91 Å². The Morgan fingerprint density at radius 1 is 0.964 bits per heavy atom. The number of benzene rings is 2. The fourth-order valence-electron chi connectivity index (χ4n) is 3.00. The molecule has 0 fully saturated rings. The van der Waals surface area contributed by atoms with Crippen LogP contribution < -0.4 is 16.3 Å². The lowest BCUT2D eigenvalue weighted by molar-refractivity contribution is -0.124. The van der Waals surface area contributed by atoms with Crippen molar-refractivity contribution in [3.8, 4) is 0 Å². The fourth-order valence-corrected chi connectivity index (χ4v) is 3.38. The number of nitrogens with one attached hydrogen (secondary N) is 2. The van der Waals surface area contributed by atoms with Crippen LogP contribution >= 0.6 is 15.9 Å². The van der Waals surface area contributed by atoms with Crippen LogP contribution in [0.4, 0.5) is 5.69 Å². The van der Waals surface area contributed by atoms with Gasteiger partial charge in [-0.05, 0) is 46.6 Å². The van der Waals surface area contributed by atoms with Crippen molar-refractivity contribution in [2.24, 2.45) is 0 Å². The van der Waals surface area contributed by atoms with Crippen molar-refractivity contribution in [3.05, 3.63) is 63.5 Å². The summed E-state index contributed by atoms with van der Waals surface area (Å²) in [5.41, 5.74) is 1.90. The summed E-state index contributed by atoms with van der Waals surface area (Å²) in [5, 5.41) is 5.29. The third-order valence-corrected chi connectivity index (χ3v) is 4.96. The number of carbonyl (C=O) groups excluding carboxylic acids is 2. The Kier molecular flexibility index (Phi) is 6.30. The van der Waals surface area contributed by atoms with E-state index in [1.807, 2.05) is 43.3 Å². The summed E-state index contributed by atoms with van der Waals surface area (Å²) in [7, 11) is 0. The number of amides is 2. The van der Waals surface area contributed by atoms with Crippen LogP contribution in [0.1, 0.15) is 13.3 Å². The minimum atomic E-state index is -0.399. The molecule has 0 radical (unpaired) electrons. The van der Waals surface area contributed by atoms with Crippen LogP contribution in [0.3, 0.4) is 0 Å². The Bertz CT molecular complexity index is 1070. The summed E-state index contributed by atoms with van der Waals surface area (Å²) in [5.74, 6) is -0.746. The Labute approximate surface area is 170 Å². The number of anilines is 1. The second kappa shape index (κ2) is 8.88. The number of carbonyl (C=O) groups is 2. The summed E-state index contributed by atoms with van der Waals surface area (Å²) < 4.78 is 3.86. The molecule has 3 rings (SSSR count). The summed E-state index contributed by atoms with van der Waals surface area (Å²) in [6, 6.07) is 14.6. The standard InChI is InChI=1S/C20H21BrN4O3/c1-2-11-24-16-9-5-6-10-17(16)25(20(24)28)13-19(27)22-12-18(26)23-15-8-4-3-7-14(15)21/h3-10H,2,11-13H2,1H3,(H,22,27)(H,23,26). The van der Waals surface area contributed by atoms with Gasteiger partial charge in [0.1, 0.15) is 6.54 Å². The molecule has 28 heavy (non-hydrogen) atoms. The summed E-state index contributed by atoms with van der Waals surface area (Å²) in [6.45, 7) is 2.26. The summed E-state index contributed by atoms with van der Waals surface area (Å²) in [6.07, 6.45) is 0.815. The largest absolute Gasteiger partial charge is 0.345 e. The molecule has 0 aliphatic heterocycles. The molecule has 0 bridgehead atoms. The number of rotatable bonds is 7. The van der Waals surface area contributed by atoms with Crippen LogP contribution in [0.2, 0.25) is 0 Å². The Morgan fingerprint density at radius 3 is 2.29 bits per heavy atom. The predicted octanol–water partition coefficient (Wildman–Crippen LogP) is 2.73. The third-order valence-electron chi connectivity index (χ3n) is 4.27. The molecular formula is C20H21BrN4O3.